The minimum atomic E-state index is -0.703. The first-order valence-corrected chi connectivity index (χ1v) is 6.60. The van der Waals surface area contributed by atoms with Crippen molar-refractivity contribution in [3.63, 3.8) is 0 Å². The average molecular weight is 297 g/mol. The van der Waals surface area contributed by atoms with Crippen molar-refractivity contribution in [1.29, 1.82) is 0 Å². The Morgan fingerprint density at radius 3 is 2.52 bits per heavy atom. The van der Waals surface area contributed by atoms with Crippen molar-refractivity contribution in [2.45, 2.75) is 32.6 Å². The number of imidazole rings is 1. The summed E-state index contributed by atoms with van der Waals surface area (Å²) in [6.45, 7) is 3.56. The van der Waals surface area contributed by atoms with Crippen LogP contribution in [0.4, 0.5) is 5.95 Å². The smallest absolute Gasteiger partial charge is 0.329 e. The molecule has 116 valence electrons. The summed E-state index contributed by atoms with van der Waals surface area (Å²) in [4.78, 5) is 30.1. The lowest BCUT2D eigenvalue weighted by molar-refractivity contribution is 0.175. The zero-order valence-electron chi connectivity index (χ0n) is 12.1. The topological polar surface area (TPSA) is 125 Å². The maximum absolute atomic E-state index is 12.0. The lowest BCUT2D eigenvalue weighted by Crippen LogP contribution is -2.29. The quantitative estimate of drug-likeness (QED) is 0.538. The number of hydrogen-bond acceptors (Lipinski definition) is 6. The van der Waals surface area contributed by atoms with Gasteiger partial charge in [-0.05, 0) is 13.8 Å². The monoisotopic (exact) mass is 297 g/mol. The summed E-state index contributed by atoms with van der Waals surface area (Å²) in [5.74, 6) is 0.318. The van der Waals surface area contributed by atoms with Gasteiger partial charge in [0.05, 0.1) is 18.8 Å². The lowest BCUT2D eigenvalue weighted by Gasteiger charge is -2.12. The van der Waals surface area contributed by atoms with Gasteiger partial charge in [-0.15, -0.1) is 0 Å². The number of H-pyrrole nitrogens is 1. The molecular formula is C12H19N5O4. The Hall–Kier alpha value is -2.13. The first-order chi connectivity index (χ1) is 9.81. The number of aliphatic hydroxyl groups is 2. The highest BCUT2D eigenvalue weighted by molar-refractivity contribution is 5.74. The molecule has 0 amide bonds. The number of aromatic nitrogens is 4. The van der Waals surface area contributed by atoms with Crippen molar-refractivity contribution < 1.29 is 10.2 Å². The van der Waals surface area contributed by atoms with Gasteiger partial charge in [0.1, 0.15) is 0 Å². The van der Waals surface area contributed by atoms with Crippen LogP contribution in [0.5, 0.6) is 0 Å². The van der Waals surface area contributed by atoms with Gasteiger partial charge in [0.25, 0.3) is 5.56 Å². The summed E-state index contributed by atoms with van der Waals surface area (Å²) in [7, 11) is 1.50. The third-order valence-corrected chi connectivity index (χ3v) is 3.01. The predicted molar refractivity (Wildman–Crippen MR) is 77.4 cm³/mol. The summed E-state index contributed by atoms with van der Waals surface area (Å²) in [5.41, 5.74) is -0.703. The molecule has 0 spiro atoms. The van der Waals surface area contributed by atoms with Crippen molar-refractivity contribution in [1.82, 2.24) is 19.1 Å². The molecule has 9 heteroatoms. The van der Waals surface area contributed by atoms with Crippen LogP contribution < -0.4 is 16.6 Å². The maximum Gasteiger partial charge on any atom is 0.329 e. The molecule has 0 fully saturated rings. The highest BCUT2D eigenvalue weighted by Gasteiger charge is 2.18. The molecule has 0 aliphatic heterocycles. The number of aromatic amines is 1. The van der Waals surface area contributed by atoms with Crippen molar-refractivity contribution in [2.75, 3.05) is 11.9 Å². The van der Waals surface area contributed by atoms with Crippen LogP contribution in [-0.4, -0.2) is 48.1 Å². The van der Waals surface area contributed by atoms with E-state index >= 15 is 0 Å². The molecule has 0 aliphatic rings. The van der Waals surface area contributed by atoms with E-state index < -0.39 is 23.5 Å². The van der Waals surface area contributed by atoms with Gasteiger partial charge in [-0.3, -0.25) is 14.3 Å². The van der Waals surface area contributed by atoms with Crippen molar-refractivity contribution in [2.24, 2.45) is 7.05 Å². The summed E-state index contributed by atoms with van der Waals surface area (Å²) < 4.78 is 2.73. The van der Waals surface area contributed by atoms with Gasteiger partial charge in [0.15, 0.2) is 11.2 Å². The minimum absolute atomic E-state index is 0.139. The second-order valence-corrected chi connectivity index (χ2v) is 5.12. The summed E-state index contributed by atoms with van der Waals surface area (Å²) in [6, 6.07) is 0. The van der Waals surface area contributed by atoms with Crippen LogP contribution in [-0.2, 0) is 13.6 Å². The van der Waals surface area contributed by atoms with E-state index in [0.717, 1.165) is 0 Å². The predicted octanol–water partition coefficient (Wildman–Crippen LogP) is -1.40. The molecule has 2 unspecified atom stereocenters. The van der Waals surface area contributed by atoms with E-state index in [2.05, 4.69) is 15.3 Å². The molecule has 0 aromatic carbocycles. The SMILES string of the molecule is CC(O)CNc1nc2c(c(=O)[nH]c(=O)n2C)n1CC(C)O. The Labute approximate surface area is 119 Å². The fraction of sp³-hybridized carbons (Fsp3) is 0.583. The molecule has 9 nitrogen and oxygen atoms in total. The van der Waals surface area contributed by atoms with Gasteiger partial charge in [0.2, 0.25) is 5.95 Å². The highest BCUT2D eigenvalue weighted by Crippen LogP contribution is 2.15. The molecule has 4 N–H and O–H groups in total. The molecule has 0 aliphatic carbocycles. The molecule has 2 aromatic heterocycles. The molecule has 0 saturated heterocycles. The van der Waals surface area contributed by atoms with E-state index in [1.54, 1.807) is 13.8 Å². The number of hydrogen-bond donors (Lipinski definition) is 4. The first kappa shape index (κ1) is 15.3. The molecular weight excluding hydrogens is 278 g/mol. The molecule has 21 heavy (non-hydrogen) atoms. The third-order valence-electron chi connectivity index (χ3n) is 3.01. The van der Waals surface area contributed by atoms with Gasteiger partial charge in [0, 0.05) is 13.6 Å². The summed E-state index contributed by atoms with van der Waals surface area (Å²) in [6.07, 6.45) is -1.31. The van der Waals surface area contributed by atoms with E-state index in [4.69, 9.17) is 0 Å². The molecule has 2 atom stereocenters. The van der Waals surface area contributed by atoms with E-state index in [1.165, 1.54) is 16.2 Å². The third kappa shape index (κ3) is 2.98. The Bertz CT molecular complexity index is 755. The number of aliphatic hydroxyl groups excluding tert-OH is 2. The largest absolute Gasteiger partial charge is 0.392 e. The maximum atomic E-state index is 12.0. The number of fused-ring (bicyclic) bond motifs is 1. The van der Waals surface area contributed by atoms with Crippen molar-refractivity contribution in [3.8, 4) is 0 Å². The number of anilines is 1. The van der Waals surface area contributed by atoms with Crippen LogP contribution in [0.1, 0.15) is 13.8 Å². The second kappa shape index (κ2) is 5.70. The van der Waals surface area contributed by atoms with Crippen LogP contribution in [0.3, 0.4) is 0 Å². The van der Waals surface area contributed by atoms with Gasteiger partial charge in [-0.2, -0.15) is 4.98 Å². The fourth-order valence-electron chi connectivity index (χ4n) is 2.05. The Morgan fingerprint density at radius 2 is 1.95 bits per heavy atom. The Morgan fingerprint density at radius 1 is 1.29 bits per heavy atom. The van der Waals surface area contributed by atoms with Crippen molar-refractivity contribution in [3.05, 3.63) is 20.8 Å². The van der Waals surface area contributed by atoms with Gasteiger partial charge in [-0.1, -0.05) is 0 Å². The molecule has 2 aromatic rings. The zero-order valence-corrected chi connectivity index (χ0v) is 12.1. The standard InChI is InChI=1S/C12H19N5O4/c1-6(18)4-13-11-14-9-8(17(11)5-7(2)19)10(20)15-12(21)16(9)3/h6-7,18-19H,4-5H2,1-3H3,(H,13,14)(H,15,20,21). The molecule has 0 bridgehead atoms. The van der Waals surface area contributed by atoms with Gasteiger partial charge >= 0.3 is 5.69 Å². The summed E-state index contributed by atoms with van der Waals surface area (Å²) in [5, 5.41) is 21.8. The Kier molecular flexibility index (Phi) is 4.14. The normalized spacial score (nSPS) is 14.3. The lowest BCUT2D eigenvalue weighted by atomic mass is 10.4. The second-order valence-electron chi connectivity index (χ2n) is 5.12. The van der Waals surface area contributed by atoms with E-state index in [9.17, 15) is 19.8 Å². The van der Waals surface area contributed by atoms with Crippen LogP contribution >= 0.6 is 0 Å². The Balaban J connectivity index is 2.67. The van der Waals surface area contributed by atoms with E-state index in [0.29, 0.717) is 5.95 Å². The zero-order chi connectivity index (χ0) is 15.7. The first-order valence-electron chi connectivity index (χ1n) is 6.60. The van der Waals surface area contributed by atoms with E-state index in [1.807, 2.05) is 0 Å². The van der Waals surface area contributed by atoms with Gasteiger partial charge in [-0.25, -0.2) is 4.79 Å². The molecule has 2 heterocycles. The number of aryl methyl sites for hydroxylation is 1. The highest BCUT2D eigenvalue weighted by atomic mass is 16.3. The molecule has 0 saturated carbocycles. The van der Waals surface area contributed by atoms with Crippen LogP contribution in [0.15, 0.2) is 9.59 Å². The minimum Gasteiger partial charge on any atom is -0.392 e. The molecule has 0 radical (unpaired) electrons. The summed E-state index contributed by atoms with van der Waals surface area (Å²) >= 11 is 0. The fourth-order valence-corrected chi connectivity index (χ4v) is 2.05. The average Bonchev–Trinajstić information content (AvgIpc) is 2.72. The van der Waals surface area contributed by atoms with Gasteiger partial charge < -0.3 is 20.1 Å². The van der Waals surface area contributed by atoms with Crippen LogP contribution in [0, 0.1) is 0 Å². The number of nitrogens with zero attached hydrogens (tertiary/aromatic N) is 3. The van der Waals surface area contributed by atoms with E-state index in [-0.39, 0.29) is 24.3 Å². The molecule has 2 rings (SSSR count). The van der Waals surface area contributed by atoms with Crippen LogP contribution in [0.2, 0.25) is 0 Å². The number of rotatable bonds is 5. The van der Waals surface area contributed by atoms with Crippen molar-refractivity contribution >= 4 is 17.1 Å². The van der Waals surface area contributed by atoms with Crippen LogP contribution in [0.25, 0.3) is 11.2 Å². The number of nitrogens with one attached hydrogen (secondary N) is 2.